The molecule has 102 valence electrons. The molecule has 0 fully saturated rings. The molecule has 0 aliphatic rings. The van der Waals surface area contributed by atoms with Gasteiger partial charge in [-0.15, -0.1) is 0 Å². The van der Waals surface area contributed by atoms with Crippen LogP contribution in [0.5, 0.6) is 0 Å². The summed E-state index contributed by atoms with van der Waals surface area (Å²) in [5.74, 6) is 0.777. The molecular formula is C14H18N2O3. The van der Waals surface area contributed by atoms with Crippen molar-refractivity contribution in [1.82, 2.24) is 4.98 Å². The zero-order valence-corrected chi connectivity index (χ0v) is 11.1. The van der Waals surface area contributed by atoms with Gasteiger partial charge in [0, 0.05) is 0 Å². The molecule has 2 N–H and O–H groups in total. The molecular weight excluding hydrogens is 244 g/mol. The Hall–Kier alpha value is -2.14. The Bertz CT molecular complexity index is 482. The van der Waals surface area contributed by atoms with Crippen molar-refractivity contribution in [3.8, 4) is 0 Å². The van der Waals surface area contributed by atoms with Gasteiger partial charge < -0.3 is 14.9 Å². The molecule has 1 heterocycles. The lowest BCUT2D eigenvalue weighted by Gasteiger charge is -2.08. The first-order chi connectivity index (χ1) is 9.19. The molecule has 0 saturated carbocycles. The fraction of sp³-hybridized carbons (Fsp3) is 0.286. The topological polar surface area (TPSA) is 78.3 Å². The molecule has 5 nitrogen and oxygen atoms in total. The van der Waals surface area contributed by atoms with Crippen LogP contribution in [0.15, 0.2) is 41.1 Å². The molecule has 0 amide bonds. The Kier molecular flexibility index (Phi) is 6.32. The molecule has 5 heteroatoms. The van der Waals surface area contributed by atoms with Crippen LogP contribution in [0, 0.1) is 6.92 Å². The Balaban J connectivity index is 0.000000399. The van der Waals surface area contributed by atoms with Crippen LogP contribution in [0.4, 0.5) is 0 Å². The van der Waals surface area contributed by atoms with Crippen LogP contribution in [-0.4, -0.2) is 18.6 Å². The number of rotatable bonds is 4. The SMILES string of the molecule is COC=O.Cc1ncoc1C(N)Cc1ccccc1. The minimum atomic E-state index is -0.116. The number of ether oxygens (including phenoxy) is 1. The van der Waals surface area contributed by atoms with Crippen LogP contribution < -0.4 is 5.73 Å². The third-order valence-electron chi connectivity index (χ3n) is 2.51. The number of hydrogen-bond acceptors (Lipinski definition) is 5. The second kappa shape index (κ2) is 8.05. The number of carbonyl (C=O) groups is 1. The number of benzene rings is 1. The fourth-order valence-corrected chi connectivity index (χ4v) is 1.63. The van der Waals surface area contributed by atoms with Crippen LogP contribution in [0.1, 0.15) is 23.1 Å². The van der Waals surface area contributed by atoms with Crippen LogP contribution in [0.3, 0.4) is 0 Å². The molecule has 0 radical (unpaired) electrons. The lowest BCUT2D eigenvalue weighted by molar-refractivity contribution is -0.126. The summed E-state index contributed by atoms with van der Waals surface area (Å²) in [4.78, 5) is 13.0. The van der Waals surface area contributed by atoms with E-state index in [1.807, 2.05) is 25.1 Å². The lowest BCUT2D eigenvalue weighted by Crippen LogP contribution is -2.13. The Morgan fingerprint density at radius 1 is 1.42 bits per heavy atom. The maximum atomic E-state index is 8.95. The normalized spacial score (nSPS) is 11.1. The minimum Gasteiger partial charge on any atom is -0.471 e. The summed E-state index contributed by atoms with van der Waals surface area (Å²) >= 11 is 0. The Morgan fingerprint density at radius 2 is 2.05 bits per heavy atom. The molecule has 2 rings (SSSR count). The highest BCUT2D eigenvalue weighted by molar-refractivity contribution is 5.36. The molecule has 1 unspecified atom stereocenters. The van der Waals surface area contributed by atoms with E-state index in [9.17, 15) is 0 Å². The van der Waals surface area contributed by atoms with Gasteiger partial charge >= 0.3 is 0 Å². The summed E-state index contributed by atoms with van der Waals surface area (Å²) < 4.78 is 9.12. The van der Waals surface area contributed by atoms with E-state index in [0.717, 1.165) is 17.9 Å². The fourth-order valence-electron chi connectivity index (χ4n) is 1.63. The summed E-state index contributed by atoms with van der Waals surface area (Å²) in [6.07, 6.45) is 2.21. The third-order valence-corrected chi connectivity index (χ3v) is 2.51. The third kappa shape index (κ3) is 4.93. The second-order valence-corrected chi connectivity index (χ2v) is 3.93. The first-order valence-corrected chi connectivity index (χ1v) is 5.85. The number of aromatic nitrogens is 1. The van der Waals surface area contributed by atoms with Gasteiger partial charge in [-0.25, -0.2) is 4.98 Å². The summed E-state index contributed by atoms with van der Waals surface area (Å²) in [5.41, 5.74) is 8.12. The highest BCUT2D eigenvalue weighted by Crippen LogP contribution is 2.18. The van der Waals surface area contributed by atoms with E-state index in [1.54, 1.807) is 0 Å². The van der Waals surface area contributed by atoms with Crippen molar-refractivity contribution in [1.29, 1.82) is 0 Å². The van der Waals surface area contributed by atoms with Crippen molar-refractivity contribution in [3.63, 3.8) is 0 Å². The van der Waals surface area contributed by atoms with Gasteiger partial charge in [0.1, 0.15) is 5.76 Å². The first-order valence-electron chi connectivity index (χ1n) is 5.85. The minimum absolute atomic E-state index is 0.116. The number of carbonyl (C=O) groups excluding carboxylic acids is 1. The van der Waals surface area contributed by atoms with Gasteiger partial charge in [-0.2, -0.15) is 0 Å². The zero-order chi connectivity index (χ0) is 14.1. The molecule has 0 spiro atoms. The Labute approximate surface area is 112 Å². The van der Waals surface area contributed by atoms with Crippen LogP contribution in [-0.2, 0) is 16.0 Å². The smallest absolute Gasteiger partial charge is 0.292 e. The maximum Gasteiger partial charge on any atom is 0.292 e. The predicted octanol–water partition coefficient (Wildman–Crippen LogP) is 2.01. The summed E-state index contributed by atoms with van der Waals surface area (Å²) in [6, 6.07) is 10.0. The molecule has 19 heavy (non-hydrogen) atoms. The van der Waals surface area contributed by atoms with E-state index in [2.05, 4.69) is 21.9 Å². The number of methoxy groups -OCH3 is 1. The summed E-state index contributed by atoms with van der Waals surface area (Å²) in [6.45, 7) is 2.28. The van der Waals surface area contributed by atoms with Gasteiger partial charge in [-0.1, -0.05) is 30.3 Å². The molecule has 1 atom stereocenters. The van der Waals surface area contributed by atoms with Gasteiger partial charge in [0.25, 0.3) is 6.47 Å². The number of nitrogens with two attached hydrogens (primary N) is 1. The highest BCUT2D eigenvalue weighted by atomic mass is 16.5. The van der Waals surface area contributed by atoms with Crippen molar-refractivity contribution in [2.45, 2.75) is 19.4 Å². The van der Waals surface area contributed by atoms with E-state index in [1.165, 1.54) is 19.1 Å². The van der Waals surface area contributed by atoms with Crippen molar-refractivity contribution < 1.29 is 13.9 Å². The van der Waals surface area contributed by atoms with Gasteiger partial charge in [-0.05, 0) is 18.9 Å². The molecule has 0 aliphatic heterocycles. The zero-order valence-electron chi connectivity index (χ0n) is 11.1. The average Bonchev–Trinajstić information content (AvgIpc) is 2.86. The molecule has 1 aromatic carbocycles. The molecule has 0 saturated heterocycles. The van der Waals surface area contributed by atoms with E-state index in [-0.39, 0.29) is 6.04 Å². The lowest BCUT2D eigenvalue weighted by atomic mass is 10.0. The Morgan fingerprint density at radius 3 is 2.53 bits per heavy atom. The van der Waals surface area contributed by atoms with Crippen molar-refractivity contribution in [2.75, 3.05) is 7.11 Å². The maximum absolute atomic E-state index is 8.95. The largest absolute Gasteiger partial charge is 0.471 e. The van der Waals surface area contributed by atoms with Crippen molar-refractivity contribution in [2.24, 2.45) is 5.73 Å². The van der Waals surface area contributed by atoms with E-state index in [0.29, 0.717) is 6.47 Å². The van der Waals surface area contributed by atoms with Crippen molar-refractivity contribution in [3.05, 3.63) is 53.7 Å². The molecule has 0 aliphatic carbocycles. The average molecular weight is 262 g/mol. The van der Waals surface area contributed by atoms with Gasteiger partial charge in [0.2, 0.25) is 0 Å². The summed E-state index contributed by atoms with van der Waals surface area (Å²) in [7, 11) is 1.31. The van der Waals surface area contributed by atoms with Gasteiger partial charge in [-0.3, -0.25) is 4.79 Å². The summed E-state index contributed by atoms with van der Waals surface area (Å²) in [5, 5.41) is 0. The van der Waals surface area contributed by atoms with Gasteiger partial charge in [0.05, 0.1) is 18.8 Å². The standard InChI is InChI=1S/C12H14N2O.C2H4O2/c1-9-12(15-8-14-9)11(13)7-10-5-3-2-4-6-10;1-4-2-3/h2-6,8,11H,7,13H2,1H3;2H,1H3. The van der Waals surface area contributed by atoms with Crippen molar-refractivity contribution >= 4 is 6.47 Å². The molecule has 1 aromatic heterocycles. The van der Waals surface area contributed by atoms with E-state index in [4.69, 9.17) is 14.9 Å². The monoisotopic (exact) mass is 262 g/mol. The number of aryl methyl sites for hydroxylation is 1. The number of hydrogen-bond donors (Lipinski definition) is 1. The van der Waals surface area contributed by atoms with Crippen LogP contribution in [0.2, 0.25) is 0 Å². The predicted molar refractivity (Wildman–Crippen MR) is 71.4 cm³/mol. The van der Waals surface area contributed by atoms with Gasteiger partial charge in [0.15, 0.2) is 6.39 Å². The number of nitrogens with zero attached hydrogens (tertiary/aromatic N) is 1. The molecule has 2 aromatic rings. The highest BCUT2D eigenvalue weighted by Gasteiger charge is 2.13. The van der Waals surface area contributed by atoms with Crippen LogP contribution >= 0.6 is 0 Å². The van der Waals surface area contributed by atoms with E-state index >= 15 is 0 Å². The molecule has 0 bridgehead atoms. The second-order valence-electron chi connectivity index (χ2n) is 3.93. The first kappa shape index (κ1) is 14.9. The number of oxazole rings is 1. The van der Waals surface area contributed by atoms with E-state index < -0.39 is 0 Å². The quantitative estimate of drug-likeness (QED) is 0.853. The van der Waals surface area contributed by atoms with Crippen LogP contribution in [0.25, 0.3) is 0 Å².